The zero-order valence-electron chi connectivity index (χ0n) is 10.5. The Kier molecular flexibility index (Phi) is 5.15. The van der Waals surface area contributed by atoms with Gasteiger partial charge in [-0.25, -0.2) is 4.39 Å². The van der Waals surface area contributed by atoms with Crippen molar-refractivity contribution in [3.05, 3.63) is 63.9 Å². The van der Waals surface area contributed by atoms with Gasteiger partial charge in [-0.3, -0.25) is 4.79 Å². The third kappa shape index (κ3) is 3.81. The molecule has 0 bridgehead atoms. The summed E-state index contributed by atoms with van der Waals surface area (Å²) in [4.78, 5) is 12.0. The van der Waals surface area contributed by atoms with Crippen LogP contribution >= 0.6 is 27.5 Å². The molecule has 0 aliphatic carbocycles. The van der Waals surface area contributed by atoms with E-state index in [1.165, 1.54) is 12.1 Å². The van der Waals surface area contributed by atoms with Crippen LogP contribution in [0.3, 0.4) is 0 Å². The van der Waals surface area contributed by atoms with E-state index >= 15 is 0 Å². The molecule has 0 atom stereocenters. The van der Waals surface area contributed by atoms with Gasteiger partial charge in [0, 0.05) is 16.0 Å². The maximum absolute atomic E-state index is 13.7. The molecule has 1 amide bonds. The van der Waals surface area contributed by atoms with E-state index in [9.17, 15) is 9.18 Å². The van der Waals surface area contributed by atoms with Crippen molar-refractivity contribution < 1.29 is 9.18 Å². The Morgan fingerprint density at radius 2 is 1.90 bits per heavy atom. The molecule has 104 valence electrons. The van der Waals surface area contributed by atoms with Crippen LogP contribution < -0.4 is 5.32 Å². The fourth-order valence-electron chi connectivity index (χ4n) is 1.74. The molecule has 0 aromatic heterocycles. The number of halogens is 3. The molecule has 2 aromatic rings. The lowest BCUT2D eigenvalue weighted by atomic mass is 10.1. The number of anilines is 1. The molecule has 0 radical (unpaired) electrons. The van der Waals surface area contributed by atoms with Gasteiger partial charge in [0.05, 0.1) is 5.56 Å². The first-order chi connectivity index (χ1) is 9.60. The second kappa shape index (κ2) is 6.86. The first-order valence-electron chi connectivity index (χ1n) is 6.01. The van der Waals surface area contributed by atoms with Gasteiger partial charge in [-0.2, -0.15) is 0 Å². The van der Waals surface area contributed by atoms with Gasteiger partial charge in [0.2, 0.25) is 0 Å². The average Bonchev–Trinajstić information content (AvgIpc) is 2.41. The number of carbonyl (C=O) groups is 1. The smallest absolute Gasteiger partial charge is 0.258 e. The predicted molar refractivity (Wildman–Crippen MR) is 82.9 cm³/mol. The molecule has 0 aliphatic heterocycles. The van der Waals surface area contributed by atoms with Crippen molar-refractivity contribution in [3.8, 4) is 0 Å². The summed E-state index contributed by atoms with van der Waals surface area (Å²) in [7, 11) is 0. The topological polar surface area (TPSA) is 29.1 Å². The summed E-state index contributed by atoms with van der Waals surface area (Å²) in [5.74, 6) is -0.480. The highest BCUT2D eigenvalue weighted by atomic mass is 79.9. The first kappa shape index (κ1) is 15.0. The molecule has 2 rings (SSSR count). The van der Waals surface area contributed by atoms with E-state index in [4.69, 9.17) is 11.6 Å². The van der Waals surface area contributed by atoms with Gasteiger partial charge in [-0.15, -0.1) is 11.6 Å². The molecule has 1 N–H and O–H groups in total. The lowest BCUT2D eigenvalue weighted by Gasteiger charge is -2.07. The minimum atomic E-state index is -0.560. The van der Waals surface area contributed by atoms with Crippen molar-refractivity contribution >= 4 is 39.1 Å². The van der Waals surface area contributed by atoms with E-state index in [1.54, 1.807) is 18.2 Å². The number of hydrogen-bond acceptors (Lipinski definition) is 1. The van der Waals surface area contributed by atoms with E-state index in [-0.39, 0.29) is 5.56 Å². The van der Waals surface area contributed by atoms with Crippen molar-refractivity contribution in [1.82, 2.24) is 0 Å². The molecule has 0 aliphatic rings. The molecule has 0 fully saturated rings. The maximum atomic E-state index is 13.7. The summed E-state index contributed by atoms with van der Waals surface area (Å²) in [6.45, 7) is 0. The lowest BCUT2D eigenvalue weighted by molar-refractivity contribution is 0.102. The van der Waals surface area contributed by atoms with Gasteiger partial charge < -0.3 is 5.32 Å². The second-order valence-electron chi connectivity index (χ2n) is 4.21. The molecule has 20 heavy (non-hydrogen) atoms. The molecule has 0 heterocycles. The summed E-state index contributed by atoms with van der Waals surface area (Å²) < 4.78 is 14.3. The summed E-state index contributed by atoms with van der Waals surface area (Å²) in [5.41, 5.74) is 1.72. The number of amides is 1. The molecular formula is C15H12BrClFNO. The standard InChI is InChI=1S/C15H12BrClFNO/c16-11-3-6-13(14(18)9-11)15(20)19-12-4-1-10(2-5-12)7-8-17/h1-6,9H,7-8H2,(H,19,20). The van der Waals surface area contributed by atoms with Crippen LogP contribution in [0.5, 0.6) is 0 Å². The third-order valence-electron chi connectivity index (χ3n) is 2.77. The fourth-order valence-corrected chi connectivity index (χ4v) is 2.29. The zero-order chi connectivity index (χ0) is 14.5. The first-order valence-corrected chi connectivity index (χ1v) is 7.34. The van der Waals surface area contributed by atoms with E-state index < -0.39 is 11.7 Å². The number of carbonyl (C=O) groups excluding carboxylic acids is 1. The monoisotopic (exact) mass is 355 g/mol. The van der Waals surface area contributed by atoms with Crippen LogP contribution in [0.1, 0.15) is 15.9 Å². The molecule has 0 unspecified atom stereocenters. The van der Waals surface area contributed by atoms with Crippen LogP contribution in [0.4, 0.5) is 10.1 Å². The zero-order valence-corrected chi connectivity index (χ0v) is 12.8. The number of rotatable bonds is 4. The minimum Gasteiger partial charge on any atom is -0.322 e. The molecular weight excluding hydrogens is 345 g/mol. The van der Waals surface area contributed by atoms with Gasteiger partial charge in [0.1, 0.15) is 5.82 Å². The van der Waals surface area contributed by atoms with Crippen LogP contribution in [0.2, 0.25) is 0 Å². The molecule has 0 saturated carbocycles. The number of aryl methyl sites for hydroxylation is 1. The summed E-state index contributed by atoms with van der Waals surface area (Å²) in [5, 5.41) is 2.66. The Labute approximate surface area is 130 Å². The van der Waals surface area contributed by atoms with Crippen molar-refractivity contribution in [1.29, 1.82) is 0 Å². The lowest BCUT2D eigenvalue weighted by Crippen LogP contribution is -2.13. The van der Waals surface area contributed by atoms with Crippen molar-refractivity contribution in [2.75, 3.05) is 11.2 Å². The second-order valence-corrected chi connectivity index (χ2v) is 5.51. The summed E-state index contributed by atoms with van der Waals surface area (Å²) in [6.07, 6.45) is 0.775. The Hall–Kier alpha value is -1.39. The number of alkyl halides is 1. The van der Waals surface area contributed by atoms with Crippen LogP contribution in [0, 0.1) is 5.82 Å². The predicted octanol–water partition coefficient (Wildman–Crippen LogP) is 4.62. The van der Waals surface area contributed by atoms with E-state index in [2.05, 4.69) is 21.2 Å². The summed E-state index contributed by atoms with van der Waals surface area (Å²) >= 11 is 8.81. The van der Waals surface area contributed by atoms with Gasteiger partial charge >= 0.3 is 0 Å². The Balaban J connectivity index is 2.11. The highest BCUT2D eigenvalue weighted by Crippen LogP contribution is 2.17. The Morgan fingerprint density at radius 1 is 1.20 bits per heavy atom. The molecule has 2 aromatic carbocycles. The maximum Gasteiger partial charge on any atom is 0.258 e. The van der Waals surface area contributed by atoms with Crippen LogP contribution in [-0.4, -0.2) is 11.8 Å². The minimum absolute atomic E-state index is 0.0121. The van der Waals surface area contributed by atoms with Gasteiger partial charge in [0.25, 0.3) is 5.91 Å². The van der Waals surface area contributed by atoms with Gasteiger partial charge in [0.15, 0.2) is 0 Å². The highest BCUT2D eigenvalue weighted by molar-refractivity contribution is 9.10. The Bertz CT molecular complexity index is 616. The SMILES string of the molecule is O=C(Nc1ccc(CCCl)cc1)c1ccc(Br)cc1F. The third-order valence-corrected chi connectivity index (χ3v) is 3.45. The summed E-state index contributed by atoms with van der Waals surface area (Å²) in [6, 6.07) is 11.6. The van der Waals surface area contributed by atoms with E-state index in [1.807, 2.05) is 12.1 Å². The number of nitrogens with one attached hydrogen (secondary N) is 1. The molecule has 0 spiro atoms. The largest absolute Gasteiger partial charge is 0.322 e. The number of benzene rings is 2. The average molecular weight is 357 g/mol. The van der Waals surface area contributed by atoms with E-state index in [0.29, 0.717) is 16.0 Å². The highest BCUT2D eigenvalue weighted by Gasteiger charge is 2.12. The quantitative estimate of drug-likeness (QED) is 0.796. The molecule has 2 nitrogen and oxygen atoms in total. The van der Waals surface area contributed by atoms with Crippen LogP contribution in [0.15, 0.2) is 46.9 Å². The van der Waals surface area contributed by atoms with Gasteiger partial charge in [-0.05, 0) is 42.3 Å². The fraction of sp³-hybridized carbons (Fsp3) is 0.133. The van der Waals surface area contributed by atoms with Crippen molar-refractivity contribution in [3.63, 3.8) is 0 Å². The number of hydrogen-bond donors (Lipinski definition) is 1. The molecule has 0 saturated heterocycles. The normalized spacial score (nSPS) is 10.3. The van der Waals surface area contributed by atoms with Crippen LogP contribution in [0.25, 0.3) is 0 Å². The van der Waals surface area contributed by atoms with Crippen LogP contribution in [-0.2, 0) is 6.42 Å². The van der Waals surface area contributed by atoms with Gasteiger partial charge in [-0.1, -0.05) is 28.1 Å². The molecule has 5 heteroatoms. The van der Waals surface area contributed by atoms with E-state index in [0.717, 1.165) is 12.0 Å². The van der Waals surface area contributed by atoms with Crippen molar-refractivity contribution in [2.45, 2.75) is 6.42 Å². The Morgan fingerprint density at radius 3 is 2.50 bits per heavy atom. The van der Waals surface area contributed by atoms with Crippen molar-refractivity contribution in [2.24, 2.45) is 0 Å².